The second-order valence-corrected chi connectivity index (χ2v) is 17.2. The van der Waals surface area contributed by atoms with E-state index in [1.54, 1.807) is 27.7 Å². The summed E-state index contributed by atoms with van der Waals surface area (Å²) in [7, 11) is 0. The first-order valence-corrected chi connectivity index (χ1v) is 17.2. The molecule has 47 heavy (non-hydrogen) atoms. The molecular weight excluding hydrogens is 647 g/mol. The summed E-state index contributed by atoms with van der Waals surface area (Å²) < 4.78 is 0. The molecule has 6 amide bonds. The Bertz CT molecular complexity index is 1090. The highest BCUT2D eigenvalue weighted by molar-refractivity contribution is 6.43. The Morgan fingerprint density at radius 1 is 0.766 bits per heavy atom. The molecule has 272 valence electrons. The average Bonchev–Trinajstić information content (AvgIpc) is 3.36. The van der Waals surface area contributed by atoms with Crippen molar-refractivity contribution < 1.29 is 28.8 Å². The second-order valence-electron chi connectivity index (χ2n) is 15.7. The van der Waals surface area contributed by atoms with Gasteiger partial charge in [-0.2, -0.15) is 0 Å². The van der Waals surface area contributed by atoms with Gasteiger partial charge in [0.2, 0.25) is 23.5 Å². The number of Topliss-reactive ketones (excluding diaryl/α,β-unsaturated/α-hetero) is 1. The summed E-state index contributed by atoms with van der Waals surface area (Å²) in [6.07, 6.45) is 5.36. The number of rotatable bonds is 8. The Hall–Kier alpha value is -2.60. The Morgan fingerprint density at radius 3 is 1.57 bits per heavy atom. The van der Waals surface area contributed by atoms with Crippen LogP contribution in [0.15, 0.2) is 0 Å². The second kappa shape index (κ2) is 18.8. The molecular formula is C33H60Cl2N6O6. The summed E-state index contributed by atoms with van der Waals surface area (Å²) >= 11 is 10.1. The fraction of sp³-hybridized carbons (Fsp3) is 0.818. The van der Waals surface area contributed by atoms with E-state index in [-0.39, 0.29) is 17.3 Å². The monoisotopic (exact) mass is 706 g/mol. The number of hydrogen-bond donors (Lipinski definition) is 5. The van der Waals surface area contributed by atoms with Gasteiger partial charge < -0.3 is 31.9 Å². The third kappa shape index (κ3) is 16.9. The number of nitrogens with two attached hydrogens (primary N) is 1. The van der Waals surface area contributed by atoms with Gasteiger partial charge in [0.15, 0.2) is 0 Å². The number of nitrogens with zero attached hydrogens (tertiary/aromatic N) is 1. The molecule has 12 nitrogen and oxygen atoms in total. The Kier molecular flexibility index (Phi) is 17.8. The Balaban J connectivity index is 0.00000203. The fourth-order valence-electron chi connectivity index (χ4n) is 4.74. The van der Waals surface area contributed by atoms with Gasteiger partial charge in [-0.1, -0.05) is 67.7 Å². The molecule has 1 saturated heterocycles. The third-order valence-corrected chi connectivity index (χ3v) is 7.52. The lowest BCUT2D eigenvalue weighted by Crippen LogP contribution is -2.63. The van der Waals surface area contributed by atoms with Gasteiger partial charge in [0.25, 0.3) is 5.91 Å². The van der Waals surface area contributed by atoms with E-state index in [4.69, 9.17) is 28.9 Å². The molecule has 0 aromatic heterocycles. The molecule has 1 saturated carbocycles. The smallest absolute Gasteiger partial charge is 0.316 e. The van der Waals surface area contributed by atoms with Crippen LogP contribution in [-0.4, -0.2) is 81.4 Å². The molecule has 1 aliphatic carbocycles. The van der Waals surface area contributed by atoms with Crippen molar-refractivity contribution >= 4 is 58.6 Å². The molecule has 2 rings (SSSR count). The summed E-state index contributed by atoms with van der Waals surface area (Å²) in [5.74, 6) is -2.44. The van der Waals surface area contributed by atoms with Gasteiger partial charge in [-0.3, -0.25) is 24.0 Å². The van der Waals surface area contributed by atoms with Gasteiger partial charge in [0, 0.05) is 12.1 Å². The number of carbonyl (C=O) groups excluding carboxylic acids is 6. The number of primary amides is 1. The van der Waals surface area contributed by atoms with Crippen molar-refractivity contribution in [1.82, 2.24) is 26.2 Å². The first-order valence-electron chi connectivity index (χ1n) is 16.3. The normalized spacial score (nSPS) is 18.5. The minimum absolute atomic E-state index is 0.222. The first kappa shape index (κ1) is 44.4. The molecule has 4 unspecified atom stereocenters. The minimum Gasteiger partial charge on any atom is -0.363 e. The number of urea groups is 1. The van der Waals surface area contributed by atoms with E-state index in [1.807, 2.05) is 41.5 Å². The predicted octanol–water partition coefficient (Wildman–Crippen LogP) is 4.20. The molecule has 2 aliphatic rings. The van der Waals surface area contributed by atoms with Gasteiger partial charge in [0.1, 0.15) is 23.0 Å². The zero-order chi connectivity index (χ0) is 37.1. The largest absolute Gasteiger partial charge is 0.363 e. The van der Waals surface area contributed by atoms with E-state index in [0.717, 1.165) is 5.92 Å². The number of ketones is 1. The summed E-state index contributed by atoms with van der Waals surface area (Å²) in [4.78, 5) is 76.7. The molecule has 0 radical (unpaired) electrons. The third-order valence-electron chi connectivity index (χ3n) is 7.52. The number of amides is 6. The molecule has 4 atom stereocenters. The van der Waals surface area contributed by atoms with Gasteiger partial charge in [0.05, 0.1) is 6.04 Å². The zero-order valence-electron chi connectivity index (χ0n) is 30.4. The van der Waals surface area contributed by atoms with Crippen molar-refractivity contribution in [2.24, 2.45) is 22.5 Å². The van der Waals surface area contributed by atoms with Crippen LogP contribution in [0.4, 0.5) is 4.79 Å². The van der Waals surface area contributed by atoms with Gasteiger partial charge in [-0.05, 0) is 64.2 Å². The quantitative estimate of drug-likeness (QED) is 0.186. The zero-order valence-corrected chi connectivity index (χ0v) is 31.9. The lowest BCUT2D eigenvalue weighted by atomic mass is 9.85. The topological polar surface area (TPSA) is 180 Å². The van der Waals surface area contributed by atoms with Crippen molar-refractivity contribution in [2.75, 3.05) is 6.54 Å². The summed E-state index contributed by atoms with van der Waals surface area (Å²) in [6, 6.07) is -4.60. The molecule has 0 aromatic carbocycles. The van der Waals surface area contributed by atoms with Gasteiger partial charge >= 0.3 is 6.03 Å². The molecule has 1 aliphatic heterocycles. The van der Waals surface area contributed by atoms with Crippen LogP contribution in [0.2, 0.25) is 0 Å². The van der Waals surface area contributed by atoms with Crippen LogP contribution >= 0.6 is 23.2 Å². The maximum atomic E-state index is 13.7. The van der Waals surface area contributed by atoms with Crippen LogP contribution in [0.5, 0.6) is 0 Å². The first-order chi connectivity index (χ1) is 21.2. The lowest BCUT2D eigenvalue weighted by Gasteiger charge is -2.37. The average molecular weight is 708 g/mol. The summed E-state index contributed by atoms with van der Waals surface area (Å²) in [6.45, 7) is 22.0. The maximum Gasteiger partial charge on any atom is 0.316 e. The lowest BCUT2D eigenvalue weighted by molar-refractivity contribution is -0.143. The molecule has 6 N–H and O–H groups in total. The van der Waals surface area contributed by atoms with Crippen molar-refractivity contribution in [3.63, 3.8) is 0 Å². The highest BCUT2D eigenvalue weighted by Crippen LogP contribution is 2.27. The maximum absolute atomic E-state index is 13.7. The molecule has 0 bridgehead atoms. The van der Waals surface area contributed by atoms with Crippen LogP contribution in [0, 0.1) is 16.7 Å². The highest BCUT2D eigenvalue weighted by atomic mass is 35.5. The van der Waals surface area contributed by atoms with E-state index in [0.29, 0.717) is 12.8 Å². The van der Waals surface area contributed by atoms with E-state index in [1.165, 1.54) is 31.1 Å². The Labute approximate surface area is 291 Å². The van der Waals surface area contributed by atoms with Gasteiger partial charge in [-0.25, -0.2) is 4.79 Å². The fourth-order valence-corrected chi connectivity index (χ4v) is 4.74. The van der Waals surface area contributed by atoms with Crippen molar-refractivity contribution in [2.45, 2.75) is 150 Å². The highest BCUT2D eigenvalue weighted by Gasteiger charge is 2.43. The van der Waals surface area contributed by atoms with E-state index < -0.39 is 70.1 Å². The number of halogens is 2. The molecule has 2 fully saturated rings. The molecule has 14 heteroatoms. The van der Waals surface area contributed by atoms with Crippen molar-refractivity contribution in [3.05, 3.63) is 0 Å². The summed E-state index contributed by atoms with van der Waals surface area (Å²) in [5.41, 5.74) is 3.15. The number of hydrogen-bond acceptors (Lipinski definition) is 6. The number of alkyl halides is 2. The summed E-state index contributed by atoms with van der Waals surface area (Å²) in [5, 5.41) is 10.8. The molecule has 1 heterocycles. The standard InChI is InChI=1S/C26H46N6O6.C5H10.C2H4Cl2/c1-14(16(33)19(27)34)28-20(35)15-12-11-13-32(15)22(37)18(25(5,6)7)30-23(38)29-17(24(2,3)4)21(36)31-26(8,9)10;1-5-3-2-4-5;1-2(3)4/h14-15,17-18H,11-13H2,1-10H3,(H2,27,34)(H,28,35)(H,31,36)(H2,29,30,38);5H,2-4H2,1H3;2H,1H3. The number of nitrogens with one attached hydrogen (secondary N) is 4. The number of likely N-dealkylation sites (tertiary alicyclic amines) is 1. The van der Waals surface area contributed by atoms with Crippen LogP contribution in [0.1, 0.15) is 115 Å². The van der Waals surface area contributed by atoms with Crippen LogP contribution in [0.25, 0.3) is 0 Å². The molecule has 0 spiro atoms. The SMILES string of the molecule is CC(Cl)Cl.CC(NC(=O)C1CCCN1C(=O)C(NC(=O)NC(C(=O)NC(C)(C)C)C(C)(C)C)C(C)(C)C)C(=O)C(N)=O.CC1CCC1. The van der Waals surface area contributed by atoms with E-state index >= 15 is 0 Å². The van der Waals surface area contributed by atoms with Crippen LogP contribution < -0.4 is 27.0 Å². The van der Waals surface area contributed by atoms with E-state index in [2.05, 4.69) is 28.2 Å². The van der Waals surface area contributed by atoms with Crippen LogP contribution in [0.3, 0.4) is 0 Å². The van der Waals surface area contributed by atoms with Crippen molar-refractivity contribution in [3.8, 4) is 0 Å². The predicted molar refractivity (Wildman–Crippen MR) is 187 cm³/mol. The van der Waals surface area contributed by atoms with Crippen molar-refractivity contribution in [1.29, 1.82) is 0 Å². The Morgan fingerprint density at radius 2 is 1.21 bits per heavy atom. The number of carbonyl (C=O) groups is 6. The van der Waals surface area contributed by atoms with E-state index in [9.17, 15) is 28.8 Å². The minimum atomic E-state index is -1.16. The van der Waals surface area contributed by atoms with Crippen LogP contribution in [-0.2, 0) is 24.0 Å². The van der Waals surface area contributed by atoms with Gasteiger partial charge in [-0.15, -0.1) is 23.2 Å². The molecule has 0 aromatic rings.